The highest BCUT2D eigenvalue weighted by Gasteiger charge is 2.17. The number of benzene rings is 2. The molecule has 6 heteroatoms. The predicted octanol–water partition coefficient (Wildman–Crippen LogP) is 3.43. The van der Waals surface area contributed by atoms with Gasteiger partial charge in [0, 0.05) is 24.1 Å². The zero-order valence-corrected chi connectivity index (χ0v) is 13.9. The lowest BCUT2D eigenvalue weighted by Crippen LogP contribution is -2.12. The predicted molar refractivity (Wildman–Crippen MR) is 93.9 cm³/mol. The molecule has 3 rings (SSSR count). The number of rotatable bonds is 3. The first-order chi connectivity index (χ1) is 11.0. The number of aromatic nitrogens is 1. The van der Waals surface area contributed by atoms with E-state index in [1.807, 2.05) is 17.6 Å². The first-order valence-corrected chi connectivity index (χ1v) is 7.56. The Morgan fingerprint density at radius 2 is 1.87 bits per heavy atom. The number of nitrogen functional groups attached to an aromatic ring is 1. The summed E-state index contributed by atoms with van der Waals surface area (Å²) in [7, 11) is 3.11. The number of nitrogens with two attached hydrogens (primary N) is 1. The Morgan fingerprint density at radius 1 is 1.13 bits per heavy atom. The van der Waals surface area contributed by atoms with Crippen molar-refractivity contribution in [1.29, 1.82) is 0 Å². The van der Waals surface area contributed by atoms with Crippen molar-refractivity contribution in [1.82, 2.24) is 4.57 Å². The van der Waals surface area contributed by atoms with Crippen molar-refractivity contribution in [3.8, 4) is 11.5 Å². The van der Waals surface area contributed by atoms with Gasteiger partial charge in [0.05, 0.1) is 41.3 Å². The van der Waals surface area contributed by atoms with E-state index in [1.54, 1.807) is 25.3 Å². The van der Waals surface area contributed by atoms with E-state index >= 15 is 0 Å². The number of halogens is 1. The summed E-state index contributed by atoms with van der Waals surface area (Å²) in [5.41, 5.74) is 7.59. The number of methoxy groups -OCH3 is 2. The number of hydrogen-bond donors (Lipinski definition) is 1. The average Bonchev–Trinajstić information content (AvgIpc) is 2.56. The van der Waals surface area contributed by atoms with Gasteiger partial charge in [0.25, 0.3) is 0 Å². The van der Waals surface area contributed by atoms with Crippen LogP contribution in [0.4, 0.5) is 5.69 Å². The highest BCUT2D eigenvalue weighted by Crippen LogP contribution is 2.33. The maximum Gasteiger partial charge on any atom is 0.201 e. The van der Waals surface area contributed by atoms with E-state index in [-0.39, 0.29) is 5.43 Å². The zero-order chi connectivity index (χ0) is 16.7. The quantitative estimate of drug-likeness (QED) is 0.589. The molecule has 0 spiro atoms. The molecule has 0 radical (unpaired) electrons. The smallest absolute Gasteiger partial charge is 0.201 e. The van der Waals surface area contributed by atoms with Gasteiger partial charge in [-0.3, -0.25) is 4.79 Å². The van der Waals surface area contributed by atoms with Crippen molar-refractivity contribution in [2.24, 2.45) is 0 Å². The molecule has 0 fully saturated rings. The summed E-state index contributed by atoms with van der Waals surface area (Å²) in [5, 5.41) is 1.45. The van der Waals surface area contributed by atoms with Crippen LogP contribution in [-0.4, -0.2) is 18.8 Å². The summed E-state index contributed by atoms with van der Waals surface area (Å²) in [6.45, 7) is 2.66. The topological polar surface area (TPSA) is 66.5 Å². The van der Waals surface area contributed by atoms with E-state index in [1.165, 1.54) is 7.11 Å². The Hall–Kier alpha value is -2.40. The fourth-order valence-electron chi connectivity index (χ4n) is 2.89. The summed E-state index contributed by atoms with van der Waals surface area (Å²) in [5.74, 6) is 1.10. The van der Waals surface area contributed by atoms with Crippen molar-refractivity contribution in [2.45, 2.75) is 13.5 Å². The molecule has 1 aromatic heterocycles. The van der Waals surface area contributed by atoms with Crippen LogP contribution >= 0.6 is 11.6 Å². The molecule has 0 saturated heterocycles. The van der Waals surface area contributed by atoms with Gasteiger partial charge in [-0.15, -0.1) is 0 Å². The number of anilines is 1. The number of pyridine rings is 1. The average molecular weight is 333 g/mol. The van der Waals surface area contributed by atoms with Crippen molar-refractivity contribution in [3.05, 3.63) is 39.5 Å². The van der Waals surface area contributed by atoms with Gasteiger partial charge in [0.15, 0.2) is 0 Å². The molecule has 2 N–H and O–H groups in total. The second-order valence-corrected chi connectivity index (χ2v) is 5.60. The van der Waals surface area contributed by atoms with Crippen molar-refractivity contribution in [2.75, 3.05) is 20.0 Å². The van der Waals surface area contributed by atoms with Crippen molar-refractivity contribution < 1.29 is 9.47 Å². The van der Waals surface area contributed by atoms with Gasteiger partial charge in [0.1, 0.15) is 11.5 Å². The first kappa shape index (κ1) is 15.5. The minimum atomic E-state index is -0.137. The second-order valence-electron chi connectivity index (χ2n) is 5.19. The fraction of sp³-hybridized carbons (Fsp3) is 0.235. The standard InChI is InChI=1S/C17H17ClN2O3/c1-4-20-13-8-11(18)12(19)7-10(13)17(21)16-14(20)5-9(22-2)6-15(16)23-3/h5-8H,4,19H2,1-3H3. The molecule has 120 valence electrons. The third-order valence-electron chi connectivity index (χ3n) is 4.00. The molecule has 2 aromatic carbocycles. The lowest BCUT2D eigenvalue weighted by Gasteiger charge is -2.17. The number of hydrogen-bond acceptors (Lipinski definition) is 4. The molecule has 0 aliphatic rings. The van der Waals surface area contributed by atoms with Crippen LogP contribution in [0.2, 0.25) is 5.02 Å². The maximum absolute atomic E-state index is 13.0. The highest BCUT2D eigenvalue weighted by atomic mass is 35.5. The molecule has 0 aliphatic heterocycles. The van der Waals surface area contributed by atoms with Gasteiger partial charge >= 0.3 is 0 Å². The van der Waals surface area contributed by atoms with Gasteiger partial charge in [-0.05, 0) is 19.1 Å². The van der Waals surface area contributed by atoms with Crippen LogP contribution in [0.15, 0.2) is 29.1 Å². The van der Waals surface area contributed by atoms with Crippen LogP contribution in [-0.2, 0) is 6.54 Å². The zero-order valence-electron chi connectivity index (χ0n) is 13.1. The van der Waals surface area contributed by atoms with Crippen molar-refractivity contribution >= 4 is 39.1 Å². The first-order valence-electron chi connectivity index (χ1n) is 7.19. The lowest BCUT2D eigenvalue weighted by atomic mass is 10.1. The van der Waals surface area contributed by atoms with E-state index in [9.17, 15) is 4.79 Å². The number of fused-ring (bicyclic) bond motifs is 2. The summed E-state index contributed by atoms with van der Waals surface area (Å²) in [4.78, 5) is 13.0. The number of nitrogens with zero attached hydrogens (tertiary/aromatic N) is 1. The van der Waals surface area contributed by atoms with E-state index in [0.29, 0.717) is 39.5 Å². The minimum Gasteiger partial charge on any atom is -0.497 e. The third kappa shape index (κ3) is 2.28. The van der Waals surface area contributed by atoms with Crippen LogP contribution in [0, 0.1) is 0 Å². The minimum absolute atomic E-state index is 0.137. The second kappa shape index (κ2) is 5.66. The summed E-state index contributed by atoms with van der Waals surface area (Å²) < 4.78 is 12.7. The molecular weight excluding hydrogens is 316 g/mol. The van der Waals surface area contributed by atoms with Gasteiger partial charge in [-0.1, -0.05) is 11.6 Å². The SMILES string of the molecule is CCn1c2cc(Cl)c(N)cc2c(=O)c2c(OC)cc(OC)cc21. The molecule has 0 unspecified atom stereocenters. The molecule has 0 aliphatic carbocycles. The Bertz CT molecular complexity index is 979. The van der Waals surface area contributed by atoms with Gasteiger partial charge < -0.3 is 19.8 Å². The summed E-state index contributed by atoms with van der Waals surface area (Å²) >= 11 is 6.15. The molecule has 23 heavy (non-hydrogen) atoms. The largest absolute Gasteiger partial charge is 0.497 e. The van der Waals surface area contributed by atoms with Gasteiger partial charge in [-0.2, -0.15) is 0 Å². The van der Waals surface area contributed by atoms with Crippen LogP contribution in [0.5, 0.6) is 11.5 Å². The maximum atomic E-state index is 13.0. The fourth-order valence-corrected chi connectivity index (χ4v) is 3.04. The Morgan fingerprint density at radius 3 is 2.48 bits per heavy atom. The van der Waals surface area contributed by atoms with Gasteiger partial charge in [-0.25, -0.2) is 0 Å². The normalized spacial score (nSPS) is 11.1. The summed E-state index contributed by atoms with van der Waals surface area (Å²) in [6.07, 6.45) is 0. The van der Waals surface area contributed by atoms with E-state index in [0.717, 1.165) is 11.0 Å². The molecule has 1 heterocycles. The lowest BCUT2D eigenvalue weighted by molar-refractivity contribution is 0.397. The Balaban J connectivity index is 2.63. The third-order valence-corrected chi connectivity index (χ3v) is 4.32. The number of ether oxygens (including phenoxy) is 2. The highest BCUT2D eigenvalue weighted by molar-refractivity contribution is 6.34. The number of aryl methyl sites for hydroxylation is 1. The van der Waals surface area contributed by atoms with E-state index in [2.05, 4.69) is 0 Å². The molecular formula is C17H17ClN2O3. The van der Waals surface area contributed by atoms with Crippen LogP contribution in [0.25, 0.3) is 21.8 Å². The van der Waals surface area contributed by atoms with E-state index < -0.39 is 0 Å². The van der Waals surface area contributed by atoms with Crippen LogP contribution < -0.4 is 20.6 Å². The monoisotopic (exact) mass is 332 g/mol. The Kier molecular flexibility index (Phi) is 3.82. The molecule has 0 bridgehead atoms. The summed E-state index contributed by atoms with van der Waals surface area (Å²) in [6, 6.07) is 6.87. The van der Waals surface area contributed by atoms with Crippen LogP contribution in [0.3, 0.4) is 0 Å². The molecule has 0 atom stereocenters. The van der Waals surface area contributed by atoms with E-state index in [4.69, 9.17) is 26.8 Å². The van der Waals surface area contributed by atoms with Gasteiger partial charge in [0.2, 0.25) is 5.43 Å². The Labute approximate surface area is 138 Å². The molecule has 0 saturated carbocycles. The molecule has 3 aromatic rings. The molecule has 5 nitrogen and oxygen atoms in total. The molecule has 0 amide bonds. The van der Waals surface area contributed by atoms with Crippen LogP contribution in [0.1, 0.15) is 6.92 Å². The van der Waals surface area contributed by atoms with Crippen molar-refractivity contribution in [3.63, 3.8) is 0 Å².